The van der Waals surface area contributed by atoms with Crippen LogP contribution in [0.25, 0.3) is 0 Å². The molecule has 0 saturated heterocycles. The van der Waals surface area contributed by atoms with E-state index in [0.29, 0.717) is 36.5 Å². The first-order valence-electron chi connectivity index (χ1n) is 13.3. The first-order valence-corrected chi connectivity index (χ1v) is 13.3. The number of ether oxygens (including phenoxy) is 2. The normalized spacial score (nSPS) is 36.6. The number of rotatable bonds is 8. The molecule has 4 nitrogen and oxygen atoms in total. The molecule has 4 heteroatoms. The fourth-order valence-corrected chi connectivity index (χ4v) is 7.66. The molecule has 0 aromatic heterocycles. The molecule has 0 amide bonds. The van der Waals surface area contributed by atoms with Crippen LogP contribution in [-0.4, -0.2) is 24.1 Å². The molecule has 6 fully saturated rings. The van der Waals surface area contributed by atoms with E-state index in [9.17, 15) is 9.59 Å². The average Bonchev–Trinajstić information content (AvgIpc) is 2.81. The van der Waals surface area contributed by atoms with Crippen LogP contribution < -0.4 is 0 Å². The molecule has 4 unspecified atom stereocenters. The van der Waals surface area contributed by atoms with Gasteiger partial charge in [0.2, 0.25) is 0 Å². The quantitative estimate of drug-likeness (QED) is 0.333. The first-order chi connectivity index (χ1) is 14.9. The molecule has 6 aliphatic rings. The Bertz CT molecular complexity index is 586. The van der Waals surface area contributed by atoms with E-state index in [-0.39, 0.29) is 24.1 Å². The molecule has 0 heterocycles. The third-order valence-electron chi connectivity index (χ3n) is 9.99. The lowest BCUT2D eigenvalue weighted by Crippen LogP contribution is -2.47. The molecule has 31 heavy (non-hydrogen) atoms. The second-order valence-electron chi connectivity index (χ2n) is 11.4. The third kappa shape index (κ3) is 4.42. The maximum Gasteiger partial charge on any atom is 0.323 e. The minimum atomic E-state index is -1.16. The summed E-state index contributed by atoms with van der Waals surface area (Å²) >= 11 is 0. The minimum absolute atomic E-state index is 0.114. The van der Waals surface area contributed by atoms with Gasteiger partial charge in [-0.3, -0.25) is 9.59 Å². The van der Waals surface area contributed by atoms with E-state index in [2.05, 4.69) is 0 Å². The summed E-state index contributed by atoms with van der Waals surface area (Å²) in [6, 6.07) is 0. The Hall–Kier alpha value is -1.06. The van der Waals surface area contributed by atoms with Crippen molar-refractivity contribution in [1.29, 1.82) is 0 Å². The van der Waals surface area contributed by atoms with Crippen molar-refractivity contribution in [2.24, 2.45) is 40.9 Å². The highest BCUT2D eigenvalue weighted by Gasteiger charge is 2.49. The lowest BCUT2D eigenvalue weighted by atomic mass is 9.63. The molecule has 176 valence electrons. The van der Waals surface area contributed by atoms with Crippen molar-refractivity contribution < 1.29 is 19.1 Å². The van der Waals surface area contributed by atoms with E-state index in [1.54, 1.807) is 0 Å². The minimum Gasteiger partial charge on any atom is -0.462 e. The van der Waals surface area contributed by atoms with Crippen molar-refractivity contribution in [2.45, 2.75) is 117 Å². The van der Waals surface area contributed by atoms with Crippen LogP contribution >= 0.6 is 0 Å². The van der Waals surface area contributed by atoms with E-state index in [1.807, 2.05) is 27.7 Å². The topological polar surface area (TPSA) is 52.6 Å². The first kappa shape index (κ1) is 23.1. The molecule has 0 N–H and O–H groups in total. The van der Waals surface area contributed by atoms with Gasteiger partial charge in [0.15, 0.2) is 5.41 Å². The Morgan fingerprint density at radius 1 is 0.710 bits per heavy atom. The summed E-state index contributed by atoms with van der Waals surface area (Å²) in [6.45, 7) is 7.94. The van der Waals surface area contributed by atoms with Crippen molar-refractivity contribution in [2.75, 3.05) is 0 Å². The summed E-state index contributed by atoms with van der Waals surface area (Å²) in [5.74, 6) is 3.16. The predicted octanol–water partition coefficient (Wildman–Crippen LogP) is 6.31. The zero-order valence-electron chi connectivity index (χ0n) is 20.2. The fraction of sp³-hybridized carbons (Fsp3) is 0.926. The number of carbonyl (C=O) groups is 2. The molecular formula is C27H44O4. The number of hydrogen-bond donors (Lipinski definition) is 0. The molecule has 0 radical (unpaired) electrons. The maximum atomic E-state index is 13.4. The fourth-order valence-electron chi connectivity index (χ4n) is 7.66. The summed E-state index contributed by atoms with van der Waals surface area (Å²) in [5, 5.41) is 0. The van der Waals surface area contributed by atoms with Gasteiger partial charge in [0, 0.05) is 0 Å². The van der Waals surface area contributed by atoms with E-state index >= 15 is 0 Å². The Labute approximate surface area is 189 Å². The molecule has 0 aliphatic heterocycles. The number of carbonyl (C=O) groups excluding carboxylic acids is 2. The van der Waals surface area contributed by atoms with Crippen LogP contribution in [0.15, 0.2) is 0 Å². The largest absolute Gasteiger partial charge is 0.462 e. The monoisotopic (exact) mass is 432 g/mol. The van der Waals surface area contributed by atoms with Crippen LogP contribution in [0.3, 0.4) is 0 Å². The lowest BCUT2D eigenvalue weighted by Gasteiger charge is -2.45. The molecule has 0 aromatic carbocycles. The summed E-state index contributed by atoms with van der Waals surface area (Å²) in [4.78, 5) is 26.8. The van der Waals surface area contributed by atoms with Gasteiger partial charge < -0.3 is 9.47 Å². The highest BCUT2D eigenvalue weighted by Crippen LogP contribution is 2.48. The van der Waals surface area contributed by atoms with Crippen LogP contribution in [-0.2, 0) is 19.1 Å². The van der Waals surface area contributed by atoms with Gasteiger partial charge in [-0.2, -0.15) is 0 Å². The molecular weight excluding hydrogens is 388 g/mol. The summed E-state index contributed by atoms with van der Waals surface area (Å²) < 4.78 is 12.1. The molecule has 4 bridgehead atoms. The van der Waals surface area contributed by atoms with Crippen molar-refractivity contribution in [3.8, 4) is 0 Å². The Balaban J connectivity index is 1.39. The van der Waals surface area contributed by atoms with Gasteiger partial charge in [-0.15, -0.1) is 0 Å². The predicted molar refractivity (Wildman–Crippen MR) is 121 cm³/mol. The summed E-state index contributed by atoms with van der Waals surface area (Å²) in [6.07, 6.45) is 13.4. The van der Waals surface area contributed by atoms with Crippen molar-refractivity contribution in [3.63, 3.8) is 0 Å². The van der Waals surface area contributed by atoms with Gasteiger partial charge in [0.25, 0.3) is 0 Å². The van der Waals surface area contributed by atoms with E-state index in [4.69, 9.17) is 9.47 Å². The highest BCUT2D eigenvalue weighted by atomic mass is 16.6. The lowest BCUT2D eigenvalue weighted by molar-refractivity contribution is -0.184. The van der Waals surface area contributed by atoms with Crippen molar-refractivity contribution >= 4 is 11.9 Å². The molecule has 6 aliphatic carbocycles. The van der Waals surface area contributed by atoms with Gasteiger partial charge >= 0.3 is 11.9 Å². The summed E-state index contributed by atoms with van der Waals surface area (Å²) in [7, 11) is 0. The number of esters is 2. The Morgan fingerprint density at radius 3 is 1.32 bits per heavy atom. The summed E-state index contributed by atoms with van der Waals surface area (Å²) in [5.41, 5.74) is -1.16. The molecule has 0 aromatic rings. The van der Waals surface area contributed by atoms with Crippen LogP contribution in [0.5, 0.6) is 0 Å². The smallest absolute Gasteiger partial charge is 0.323 e. The third-order valence-corrected chi connectivity index (χ3v) is 9.99. The molecule has 0 spiro atoms. The maximum absolute atomic E-state index is 13.4. The van der Waals surface area contributed by atoms with E-state index < -0.39 is 5.41 Å². The Kier molecular flexibility index (Phi) is 7.03. The highest BCUT2D eigenvalue weighted by molar-refractivity contribution is 6.00. The van der Waals surface area contributed by atoms with Crippen LogP contribution in [0.2, 0.25) is 0 Å². The van der Waals surface area contributed by atoms with Gasteiger partial charge in [-0.05, 0) is 101 Å². The number of hydrogen-bond acceptors (Lipinski definition) is 4. The standard InChI is InChI=1S/C27H44O4/c1-5-27(6-2,25(28)30-17(3)23-15-19-7-11-21(23)12-8-19)26(29)31-18(4)24-16-20-9-13-22(24)14-10-20/h17-24H,5-16H2,1-4H3. The van der Waals surface area contributed by atoms with Crippen molar-refractivity contribution in [1.82, 2.24) is 0 Å². The molecule has 6 rings (SSSR count). The molecule has 6 saturated carbocycles. The molecule has 4 atom stereocenters. The van der Waals surface area contributed by atoms with Crippen LogP contribution in [0.4, 0.5) is 0 Å². The average molecular weight is 433 g/mol. The van der Waals surface area contributed by atoms with Gasteiger partial charge in [-0.1, -0.05) is 39.5 Å². The van der Waals surface area contributed by atoms with Gasteiger partial charge in [0.05, 0.1) is 0 Å². The zero-order chi connectivity index (χ0) is 22.2. The Morgan fingerprint density at radius 2 is 1.06 bits per heavy atom. The second-order valence-corrected chi connectivity index (χ2v) is 11.4. The van der Waals surface area contributed by atoms with Gasteiger partial charge in [-0.25, -0.2) is 0 Å². The van der Waals surface area contributed by atoms with Gasteiger partial charge in [0.1, 0.15) is 12.2 Å². The number of fused-ring (bicyclic) bond motifs is 6. The van der Waals surface area contributed by atoms with Crippen LogP contribution in [0, 0.1) is 40.9 Å². The van der Waals surface area contributed by atoms with Crippen molar-refractivity contribution in [3.05, 3.63) is 0 Å². The van der Waals surface area contributed by atoms with Crippen LogP contribution in [0.1, 0.15) is 105 Å². The zero-order valence-corrected chi connectivity index (χ0v) is 20.2. The SMILES string of the molecule is CCC(CC)(C(=O)OC(C)C1CC2CCC1CC2)C(=O)OC(C)C1CC2CCC1CC2. The van der Waals surface area contributed by atoms with E-state index in [1.165, 1.54) is 64.2 Å². The van der Waals surface area contributed by atoms with E-state index in [0.717, 1.165) is 11.8 Å². The second kappa shape index (κ2) is 9.43.